The van der Waals surface area contributed by atoms with E-state index in [0.717, 1.165) is 36.8 Å². The van der Waals surface area contributed by atoms with Crippen molar-refractivity contribution in [1.82, 2.24) is 4.98 Å². The van der Waals surface area contributed by atoms with Crippen LogP contribution in [0.4, 0.5) is 6.01 Å². The summed E-state index contributed by atoms with van der Waals surface area (Å²) in [6, 6.07) is 8.12. The number of carbonyl (C=O) groups is 1. The van der Waals surface area contributed by atoms with Crippen molar-refractivity contribution in [3.05, 3.63) is 24.3 Å². The van der Waals surface area contributed by atoms with Crippen molar-refractivity contribution in [3.63, 3.8) is 0 Å². The molecule has 0 spiro atoms. The molecule has 1 fully saturated rings. The van der Waals surface area contributed by atoms with Crippen LogP contribution in [0.2, 0.25) is 0 Å². The minimum absolute atomic E-state index is 0.127. The summed E-state index contributed by atoms with van der Waals surface area (Å²) in [4.78, 5) is 17.8. The van der Waals surface area contributed by atoms with Crippen LogP contribution in [0.5, 0.6) is 0 Å². The highest BCUT2D eigenvalue weighted by Crippen LogP contribution is 2.38. The number of benzene rings is 1. The van der Waals surface area contributed by atoms with E-state index in [1.165, 1.54) is 6.42 Å². The van der Waals surface area contributed by atoms with Gasteiger partial charge < -0.3 is 14.4 Å². The van der Waals surface area contributed by atoms with Gasteiger partial charge in [0.2, 0.25) is 0 Å². The SMILES string of the molecule is CN(c1nc2ccccc2o1)C1(CC(=O)O)CCCCC1. The lowest BCUT2D eigenvalue weighted by molar-refractivity contribution is -0.138. The topological polar surface area (TPSA) is 66.6 Å². The first-order valence-electron chi connectivity index (χ1n) is 7.42. The second kappa shape index (κ2) is 5.39. The van der Waals surface area contributed by atoms with Gasteiger partial charge in [0.25, 0.3) is 6.01 Å². The lowest BCUT2D eigenvalue weighted by Gasteiger charge is -2.43. The van der Waals surface area contributed by atoms with Crippen molar-refractivity contribution >= 4 is 23.1 Å². The Hall–Kier alpha value is -2.04. The molecule has 1 aromatic carbocycles. The number of hydrogen-bond acceptors (Lipinski definition) is 4. The summed E-state index contributed by atoms with van der Waals surface area (Å²) in [5, 5.41) is 9.29. The third-order valence-corrected chi connectivity index (χ3v) is 4.55. The molecule has 1 aliphatic carbocycles. The maximum atomic E-state index is 11.3. The van der Waals surface area contributed by atoms with E-state index < -0.39 is 5.97 Å². The number of para-hydroxylation sites is 2. The molecule has 0 atom stereocenters. The van der Waals surface area contributed by atoms with Crippen LogP contribution < -0.4 is 4.90 Å². The maximum Gasteiger partial charge on any atom is 0.305 e. The number of hydrogen-bond donors (Lipinski definition) is 1. The molecule has 21 heavy (non-hydrogen) atoms. The molecule has 5 nitrogen and oxygen atoms in total. The lowest BCUT2D eigenvalue weighted by Crippen LogP contribution is -2.49. The Kier molecular flexibility index (Phi) is 3.57. The monoisotopic (exact) mass is 288 g/mol. The van der Waals surface area contributed by atoms with E-state index in [2.05, 4.69) is 4.98 Å². The summed E-state index contributed by atoms with van der Waals surface area (Å²) in [5.74, 6) is -0.764. The van der Waals surface area contributed by atoms with Gasteiger partial charge in [0.1, 0.15) is 5.52 Å². The highest BCUT2D eigenvalue weighted by Gasteiger charge is 2.40. The molecule has 1 N–H and O–H groups in total. The zero-order valence-corrected chi connectivity index (χ0v) is 12.2. The standard InChI is InChI=1S/C16H20N2O3/c1-18(15-17-12-7-3-4-8-13(12)21-15)16(11-14(19)20)9-5-2-6-10-16/h3-4,7-8H,2,5-6,9-11H2,1H3,(H,19,20). The van der Waals surface area contributed by atoms with Gasteiger partial charge in [0, 0.05) is 7.05 Å². The Bertz CT molecular complexity index is 611. The third kappa shape index (κ3) is 2.60. The molecular weight excluding hydrogens is 268 g/mol. The van der Waals surface area contributed by atoms with Crippen LogP contribution in [-0.2, 0) is 4.79 Å². The molecule has 0 aliphatic heterocycles. The Morgan fingerprint density at radius 2 is 2.05 bits per heavy atom. The number of rotatable bonds is 4. The minimum atomic E-state index is -0.764. The summed E-state index contributed by atoms with van der Waals surface area (Å²) in [6.45, 7) is 0. The molecule has 1 saturated carbocycles. The van der Waals surface area contributed by atoms with Crippen molar-refractivity contribution in [1.29, 1.82) is 0 Å². The quantitative estimate of drug-likeness (QED) is 0.933. The first-order chi connectivity index (χ1) is 10.1. The van der Waals surface area contributed by atoms with Gasteiger partial charge in [-0.1, -0.05) is 31.4 Å². The van der Waals surface area contributed by atoms with E-state index in [0.29, 0.717) is 6.01 Å². The van der Waals surface area contributed by atoms with Gasteiger partial charge in [-0.25, -0.2) is 0 Å². The predicted octanol–water partition coefficient (Wildman–Crippen LogP) is 3.44. The van der Waals surface area contributed by atoms with Crippen molar-refractivity contribution in [3.8, 4) is 0 Å². The zero-order chi connectivity index (χ0) is 14.9. The molecule has 1 aromatic heterocycles. The second-order valence-electron chi connectivity index (χ2n) is 5.88. The molecule has 2 aromatic rings. The average Bonchev–Trinajstić information content (AvgIpc) is 2.90. The molecule has 0 radical (unpaired) electrons. The molecule has 1 heterocycles. The largest absolute Gasteiger partial charge is 0.481 e. The molecule has 0 amide bonds. The molecule has 3 rings (SSSR count). The van der Waals surface area contributed by atoms with E-state index in [-0.39, 0.29) is 12.0 Å². The number of aliphatic carboxylic acids is 1. The van der Waals surface area contributed by atoms with Crippen LogP contribution in [0.25, 0.3) is 11.1 Å². The van der Waals surface area contributed by atoms with E-state index in [1.54, 1.807) is 0 Å². The molecular formula is C16H20N2O3. The van der Waals surface area contributed by atoms with Crippen molar-refractivity contribution in [2.45, 2.75) is 44.1 Å². The number of carboxylic acids is 1. The number of fused-ring (bicyclic) bond motifs is 1. The number of carboxylic acid groups (broad SMARTS) is 1. The first-order valence-corrected chi connectivity index (χ1v) is 7.42. The number of nitrogens with zero attached hydrogens (tertiary/aromatic N) is 2. The maximum absolute atomic E-state index is 11.3. The molecule has 0 unspecified atom stereocenters. The Morgan fingerprint density at radius 3 is 2.71 bits per heavy atom. The summed E-state index contributed by atoms with van der Waals surface area (Å²) in [5.41, 5.74) is 1.16. The average molecular weight is 288 g/mol. The molecule has 0 saturated heterocycles. The van der Waals surface area contributed by atoms with E-state index in [1.807, 2.05) is 36.2 Å². The fourth-order valence-corrected chi connectivity index (χ4v) is 3.33. The van der Waals surface area contributed by atoms with E-state index >= 15 is 0 Å². The highest BCUT2D eigenvalue weighted by molar-refractivity contribution is 5.75. The van der Waals surface area contributed by atoms with Crippen molar-refractivity contribution in [2.75, 3.05) is 11.9 Å². The van der Waals surface area contributed by atoms with Crippen LogP contribution in [0, 0.1) is 0 Å². The van der Waals surface area contributed by atoms with Crippen molar-refractivity contribution in [2.24, 2.45) is 0 Å². The number of oxazole rings is 1. The molecule has 5 heteroatoms. The second-order valence-corrected chi connectivity index (χ2v) is 5.88. The van der Waals surface area contributed by atoms with Gasteiger partial charge in [0.05, 0.1) is 12.0 Å². The van der Waals surface area contributed by atoms with Crippen LogP contribution in [0.15, 0.2) is 28.7 Å². The fourth-order valence-electron chi connectivity index (χ4n) is 3.33. The van der Waals surface area contributed by atoms with E-state index in [4.69, 9.17) is 4.42 Å². The summed E-state index contributed by atoms with van der Waals surface area (Å²) in [6.07, 6.45) is 5.14. The Labute approximate surface area is 123 Å². The minimum Gasteiger partial charge on any atom is -0.481 e. The summed E-state index contributed by atoms with van der Waals surface area (Å²) < 4.78 is 5.81. The molecule has 0 bridgehead atoms. The van der Waals surface area contributed by atoms with Crippen LogP contribution in [-0.4, -0.2) is 28.6 Å². The van der Waals surface area contributed by atoms with Crippen molar-refractivity contribution < 1.29 is 14.3 Å². The Morgan fingerprint density at radius 1 is 1.33 bits per heavy atom. The smallest absolute Gasteiger partial charge is 0.305 e. The van der Waals surface area contributed by atoms with Gasteiger partial charge in [0.15, 0.2) is 5.58 Å². The summed E-state index contributed by atoms with van der Waals surface area (Å²) in [7, 11) is 1.90. The zero-order valence-electron chi connectivity index (χ0n) is 12.2. The fraction of sp³-hybridized carbons (Fsp3) is 0.500. The van der Waals surface area contributed by atoms with Gasteiger partial charge in [-0.3, -0.25) is 4.79 Å². The van der Waals surface area contributed by atoms with Gasteiger partial charge in [-0.15, -0.1) is 0 Å². The van der Waals surface area contributed by atoms with E-state index in [9.17, 15) is 9.90 Å². The molecule has 1 aliphatic rings. The van der Waals surface area contributed by atoms with Crippen LogP contribution in [0.3, 0.4) is 0 Å². The number of anilines is 1. The summed E-state index contributed by atoms with van der Waals surface area (Å²) >= 11 is 0. The first kappa shape index (κ1) is 13.9. The third-order valence-electron chi connectivity index (χ3n) is 4.55. The number of aromatic nitrogens is 1. The molecule has 112 valence electrons. The Balaban J connectivity index is 1.95. The highest BCUT2D eigenvalue weighted by atomic mass is 16.4. The van der Waals surface area contributed by atoms with Crippen LogP contribution >= 0.6 is 0 Å². The predicted molar refractivity (Wildman–Crippen MR) is 80.5 cm³/mol. The van der Waals surface area contributed by atoms with Gasteiger partial charge in [-0.05, 0) is 25.0 Å². The lowest BCUT2D eigenvalue weighted by atomic mass is 9.78. The normalized spacial score (nSPS) is 17.8. The van der Waals surface area contributed by atoms with Crippen LogP contribution in [0.1, 0.15) is 38.5 Å². The van der Waals surface area contributed by atoms with Gasteiger partial charge >= 0.3 is 5.97 Å². The van der Waals surface area contributed by atoms with Gasteiger partial charge in [-0.2, -0.15) is 4.98 Å².